The maximum absolute atomic E-state index is 6.10. The molecule has 0 bridgehead atoms. The highest BCUT2D eigenvalue weighted by molar-refractivity contribution is 7.80. The molecular weight excluding hydrogens is 396 g/mol. The summed E-state index contributed by atoms with van der Waals surface area (Å²) in [7, 11) is 0. The van der Waals surface area contributed by atoms with Crippen LogP contribution in [0.4, 0.5) is 5.69 Å². The third-order valence-corrected chi connectivity index (χ3v) is 4.30. The predicted octanol–water partition coefficient (Wildman–Crippen LogP) is 5.60. The highest BCUT2D eigenvalue weighted by Gasteiger charge is 2.09. The molecule has 0 saturated heterocycles. The summed E-state index contributed by atoms with van der Waals surface area (Å²) >= 11 is 29.3. The molecule has 2 rings (SSSR count). The SMILES string of the molecule is N/C(Cc1c(Cl)cccc1Cl)=N\C(=S)Nc1cc(Cl)ccc1Cl. The number of nitrogens with zero attached hydrogens (tertiary/aromatic N) is 1. The van der Waals surface area contributed by atoms with Gasteiger partial charge in [-0.3, -0.25) is 0 Å². The van der Waals surface area contributed by atoms with Gasteiger partial charge in [0, 0.05) is 21.5 Å². The summed E-state index contributed by atoms with van der Waals surface area (Å²) in [5.41, 5.74) is 7.16. The molecule has 2 aromatic rings. The van der Waals surface area contributed by atoms with Crippen LogP contribution in [0.1, 0.15) is 5.56 Å². The van der Waals surface area contributed by atoms with Crippen LogP contribution < -0.4 is 11.1 Å². The van der Waals surface area contributed by atoms with Crippen molar-refractivity contribution in [3.63, 3.8) is 0 Å². The number of thiocarbonyl (C=S) groups is 1. The Morgan fingerprint density at radius 2 is 1.70 bits per heavy atom. The molecule has 0 aliphatic heterocycles. The monoisotopic (exact) mass is 405 g/mol. The van der Waals surface area contributed by atoms with Crippen molar-refractivity contribution in [1.82, 2.24) is 0 Å². The molecule has 0 radical (unpaired) electrons. The quantitative estimate of drug-likeness (QED) is 0.396. The number of nitrogens with two attached hydrogens (primary N) is 1. The van der Waals surface area contributed by atoms with Gasteiger partial charge in [-0.15, -0.1) is 0 Å². The van der Waals surface area contributed by atoms with Crippen LogP contribution in [0.15, 0.2) is 41.4 Å². The maximum atomic E-state index is 6.10. The first-order valence-electron chi connectivity index (χ1n) is 6.39. The van der Waals surface area contributed by atoms with E-state index >= 15 is 0 Å². The summed E-state index contributed by atoms with van der Waals surface area (Å²) < 4.78 is 0. The van der Waals surface area contributed by atoms with Crippen molar-refractivity contribution in [3.05, 3.63) is 62.1 Å². The second-order valence-electron chi connectivity index (χ2n) is 4.53. The van der Waals surface area contributed by atoms with Gasteiger partial charge in [0.2, 0.25) is 0 Å². The minimum atomic E-state index is 0.162. The van der Waals surface area contributed by atoms with Crippen LogP contribution in [0.25, 0.3) is 0 Å². The van der Waals surface area contributed by atoms with Gasteiger partial charge in [0.15, 0.2) is 5.11 Å². The minimum Gasteiger partial charge on any atom is -0.387 e. The molecule has 0 saturated carbocycles. The Morgan fingerprint density at radius 1 is 1.04 bits per heavy atom. The smallest absolute Gasteiger partial charge is 0.198 e. The Balaban J connectivity index is 2.11. The Morgan fingerprint density at radius 3 is 2.35 bits per heavy atom. The van der Waals surface area contributed by atoms with Crippen molar-refractivity contribution in [2.24, 2.45) is 10.7 Å². The van der Waals surface area contributed by atoms with Gasteiger partial charge in [0.25, 0.3) is 0 Å². The number of hydrogen-bond acceptors (Lipinski definition) is 1. The summed E-state index contributed by atoms with van der Waals surface area (Å²) in [5.74, 6) is 0.274. The number of halogens is 4. The van der Waals surface area contributed by atoms with E-state index in [9.17, 15) is 0 Å². The molecule has 0 heterocycles. The zero-order valence-electron chi connectivity index (χ0n) is 11.6. The topological polar surface area (TPSA) is 50.4 Å². The van der Waals surface area contributed by atoms with E-state index in [4.69, 9.17) is 64.4 Å². The van der Waals surface area contributed by atoms with Crippen LogP contribution in [0, 0.1) is 0 Å². The summed E-state index contributed by atoms with van der Waals surface area (Å²) in [5, 5.41) is 5.08. The number of hydrogen-bond donors (Lipinski definition) is 2. The Bertz CT molecular complexity index is 757. The molecule has 0 aliphatic carbocycles. The molecular formula is C15H11Cl4N3S. The number of nitrogens with one attached hydrogen (secondary N) is 1. The van der Waals surface area contributed by atoms with E-state index in [1.165, 1.54) is 0 Å². The highest BCUT2D eigenvalue weighted by atomic mass is 35.5. The lowest BCUT2D eigenvalue weighted by Crippen LogP contribution is -2.20. The van der Waals surface area contributed by atoms with E-state index in [2.05, 4.69) is 10.3 Å². The highest BCUT2D eigenvalue weighted by Crippen LogP contribution is 2.26. The summed E-state index contributed by atoms with van der Waals surface area (Å²) in [6.07, 6.45) is 0.281. The van der Waals surface area contributed by atoms with Gasteiger partial charge in [-0.05, 0) is 48.1 Å². The van der Waals surface area contributed by atoms with Gasteiger partial charge < -0.3 is 11.1 Å². The van der Waals surface area contributed by atoms with Crippen LogP contribution in [-0.2, 0) is 6.42 Å². The van der Waals surface area contributed by atoms with Crippen LogP contribution in [0.3, 0.4) is 0 Å². The molecule has 0 amide bonds. The van der Waals surface area contributed by atoms with Gasteiger partial charge in [-0.2, -0.15) is 0 Å². The summed E-state index contributed by atoms with van der Waals surface area (Å²) in [6.45, 7) is 0. The second kappa shape index (κ2) is 8.18. The van der Waals surface area contributed by atoms with Crippen molar-refractivity contribution in [2.75, 3.05) is 5.32 Å². The maximum Gasteiger partial charge on any atom is 0.198 e. The zero-order chi connectivity index (χ0) is 17.0. The molecule has 0 spiro atoms. The first kappa shape index (κ1) is 18.3. The van der Waals surface area contributed by atoms with Crippen molar-refractivity contribution >= 4 is 75.3 Å². The molecule has 0 fully saturated rings. The molecule has 3 nitrogen and oxygen atoms in total. The number of aliphatic imine (C=N–C) groups is 1. The van der Waals surface area contributed by atoms with E-state index < -0.39 is 0 Å². The lowest BCUT2D eigenvalue weighted by Gasteiger charge is -2.09. The minimum absolute atomic E-state index is 0.162. The lowest BCUT2D eigenvalue weighted by atomic mass is 10.1. The third kappa shape index (κ3) is 5.23. The molecule has 2 aromatic carbocycles. The average Bonchev–Trinajstić information content (AvgIpc) is 2.47. The standard InChI is InChI=1S/C15H11Cl4N3S/c16-8-4-5-12(19)13(6-8)21-15(23)22-14(20)7-9-10(17)2-1-3-11(9)18/h1-6H,7H2,(H3,20,21,22,23). The fraction of sp³-hybridized carbons (Fsp3) is 0.0667. The van der Waals surface area contributed by atoms with E-state index in [-0.39, 0.29) is 17.4 Å². The zero-order valence-corrected chi connectivity index (χ0v) is 15.5. The lowest BCUT2D eigenvalue weighted by molar-refractivity contribution is 1.29. The van der Waals surface area contributed by atoms with Gasteiger partial charge in [-0.1, -0.05) is 52.5 Å². The molecule has 3 N–H and O–H groups in total. The molecule has 23 heavy (non-hydrogen) atoms. The molecule has 0 unspecified atom stereocenters. The van der Waals surface area contributed by atoms with Gasteiger partial charge in [-0.25, -0.2) is 4.99 Å². The van der Waals surface area contributed by atoms with Crippen molar-refractivity contribution in [3.8, 4) is 0 Å². The van der Waals surface area contributed by atoms with Crippen LogP contribution >= 0.6 is 58.6 Å². The molecule has 8 heteroatoms. The van der Waals surface area contributed by atoms with E-state index in [0.29, 0.717) is 31.3 Å². The van der Waals surface area contributed by atoms with E-state index in [0.717, 1.165) is 0 Å². The van der Waals surface area contributed by atoms with Crippen LogP contribution in [0.5, 0.6) is 0 Å². The largest absolute Gasteiger partial charge is 0.387 e. The summed E-state index contributed by atoms with van der Waals surface area (Å²) in [6, 6.07) is 10.2. The Hall–Kier alpha value is -1.04. The van der Waals surface area contributed by atoms with Gasteiger partial charge in [0.05, 0.1) is 10.7 Å². The van der Waals surface area contributed by atoms with Crippen molar-refractivity contribution in [1.29, 1.82) is 0 Å². The molecule has 0 atom stereocenters. The molecule has 0 aliphatic rings. The van der Waals surface area contributed by atoms with E-state index in [1.807, 2.05) is 0 Å². The first-order chi connectivity index (χ1) is 10.9. The normalized spacial score (nSPS) is 11.4. The van der Waals surface area contributed by atoms with Crippen molar-refractivity contribution < 1.29 is 0 Å². The number of benzene rings is 2. The Labute approximate surface area is 159 Å². The number of rotatable bonds is 3. The first-order valence-corrected chi connectivity index (χ1v) is 8.31. The third-order valence-electron chi connectivity index (χ3n) is 2.83. The molecule has 0 aromatic heterocycles. The number of anilines is 1. The summed E-state index contributed by atoms with van der Waals surface area (Å²) in [4.78, 5) is 4.12. The average molecular weight is 407 g/mol. The Kier molecular flexibility index (Phi) is 6.50. The van der Waals surface area contributed by atoms with Crippen molar-refractivity contribution in [2.45, 2.75) is 6.42 Å². The van der Waals surface area contributed by atoms with Crippen LogP contribution in [-0.4, -0.2) is 10.9 Å². The molecule has 120 valence electrons. The van der Waals surface area contributed by atoms with Gasteiger partial charge in [0.1, 0.15) is 5.84 Å². The van der Waals surface area contributed by atoms with E-state index in [1.54, 1.807) is 36.4 Å². The predicted molar refractivity (Wildman–Crippen MR) is 104 cm³/mol. The second-order valence-corrected chi connectivity index (χ2v) is 6.58. The van der Waals surface area contributed by atoms with Gasteiger partial charge >= 0.3 is 0 Å². The number of amidine groups is 1. The fourth-order valence-electron chi connectivity index (χ4n) is 1.79. The fourth-order valence-corrected chi connectivity index (χ4v) is 2.88. The van der Waals surface area contributed by atoms with Crippen LogP contribution in [0.2, 0.25) is 20.1 Å².